The molecule has 0 aromatic heterocycles. The van der Waals surface area contributed by atoms with Crippen LogP contribution in [-0.2, 0) is 5.88 Å². The number of benzene rings is 1. The topological polar surface area (TPSA) is 67.8 Å². The highest BCUT2D eigenvalue weighted by atomic mass is 35.5. The lowest BCUT2D eigenvalue weighted by molar-refractivity contribution is 0.255. The molecule has 15 heavy (non-hydrogen) atoms. The van der Waals surface area contributed by atoms with Crippen molar-refractivity contribution in [3.8, 4) is 0 Å². The molecule has 0 aliphatic heterocycles. The third-order valence-electron chi connectivity index (χ3n) is 2.08. The number of aryl methyl sites for hydroxylation is 2. The fourth-order valence-electron chi connectivity index (χ4n) is 1.35. The zero-order valence-corrected chi connectivity index (χ0v) is 9.38. The first kappa shape index (κ1) is 11.7. The number of azo groups is 1. The summed E-state index contributed by atoms with van der Waals surface area (Å²) >= 11 is 5.79. The fourth-order valence-corrected chi connectivity index (χ4v) is 1.77. The highest BCUT2D eigenvalue weighted by Gasteiger charge is 2.03. The third-order valence-corrected chi connectivity index (χ3v) is 2.35. The van der Waals surface area contributed by atoms with Crippen molar-refractivity contribution < 1.29 is 4.79 Å². The number of alkyl halides is 1. The molecule has 0 spiro atoms. The van der Waals surface area contributed by atoms with Crippen LogP contribution in [0.15, 0.2) is 22.4 Å². The van der Waals surface area contributed by atoms with E-state index in [4.69, 9.17) is 17.3 Å². The first-order valence-electron chi connectivity index (χ1n) is 4.42. The molecule has 1 aromatic rings. The summed E-state index contributed by atoms with van der Waals surface area (Å²) in [5.41, 5.74) is 8.60. The van der Waals surface area contributed by atoms with Gasteiger partial charge in [0.1, 0.15) is 0 Å². The summed E-state index contributed by atoms with van der Waals surface area (Å²) < 4.78 is 0. The summed E-state index contributed by atoms with van der Waals surface area (Å²) in [5, 5.41) is 6.97. The molecule has 0 heterocycles. The van der Waals surface area contributed by atoms with Gasteiger partial charge in [0.15, 0.2) is 0 Å². The van der Waals surface area contributed by atoms with Gasteiger partial charge >= 0.3 is 6.03 Å². The largest absolute Gasteiger partial charge is 0.356 e. The van der Waals surface area contributed by atoms with Gasteiger partial charge in [-0.15, -0.1) is 16.7 Å². The Morgan fingerprint density at radius 2 is 1.93 bits per heavy atom. The number of urea groups is 1. The van der Waals surface area contributed by atoms with Gasteiger partial charge in [0.05, 0.1) is 5.69 Å². The molecule has 4 nitrogen and oxygen atoms in total. The highest BCUT2D eigenvalue weighted by molar-refractivity contribution is 6.17. The summed E-state index contributed by atoms with van der Waals surface area (Å²) in [7, 11) is 0. The van der Waals surface area contributed by atoms with Gasteiger partial charge in [-0.2, -0.15) is 0 Å². The van der Waals surface area contributed by atoms with E-state index in [9.17, 15) is 4.79 Å². The molecule has 0 aliphatic rings. The Morgan fingerprint density at radius 1 is 1.40 bits per heavy atom. The molecular formula is C10H12ClN3O. The van der Waals surface area contributed by atoms with Crippen LogP contribution in [0.25, 0.3) is 0 Å². The van der Waals surface area contributed by atoms with E-state index < -0.39 is 6.03 Å². The third kappa shape index (κ3) is 3.02. The van der Waals surface area contributed by atoms with E-state index in [-0.39, 0.29) is 0 Å². The predicted molar refractivity (Wildman–Crippen MR) is 59.6 cm³/mol. The number of carbonyl (C=O) groups is 1. The molecular weight excluding hydrogens is 214 g/mol. The number of hydrogen-bond acceptors (Lipinski definition) is 2. The van der Waals surface area contributed by atoms with Gasteiger partial charge in [0, 0.05) is 5.88 Å². The maximum atomic E-state index is 10.4. The van der Waals surface area contributed by atoms with Gasteiger partial charge in [0.25, 0.3) is 0 Å². The van der Waals surface area contributed by atoms with Crippen LogP contribution in [0.1, 0.15) is 16.7 Å². The number of halogens is 1. The summed E-state index contributed by atoms with van der Waals surface area (Å²) in [6.45, 7) is 3.88. The average molecular weight is 226 g/mol. The molecule has 0 saturated heterocycles. The summed E-state index contributed by atoms with van der Waals surface area (Å²) in [6.07, 6.45) is 0. The van der Waals surface area contributed by atoms with Crippen LogP contribution in [0.5, 0.6) is 0 Å². The maximum absolute atomic E-state index is 10.4. The minimum absolute atomic E-state index is 0.463. The van der Waals surface area contributed by atoms with Crippen molar-refractivity contribution in [3.05, 3.63) is 28.8 Å². The van der Waals surface area contributed by atoms with Crippen LogP contribution in [0, 0.1) is 13.8 Å². The molecule has 0 atom stereocenters. The number of amides is 2. The van der Waals surface area contributed by atoms with Gasteiger partial charge in [0.2, 0.25) is 0 Å². The van der Waals surface area contributed by atoms with Crippen molar-refractivity contribution in [2.45, 2.75) is 19.7 Å². The molecule has 0 bridgehead atoms. The highest BCUT2D eigenvalue weighted by Crippen LogP contribution is 2.23. The average Bonchev–Trinajstić information content (AvgIpc) is 2.14. The van der Waals surface area contributed by atoms with Crippen LogP contribution in [0.3, 0.4) is 0 Å². The molecule has 0 aliphatic carbocycles. The molecule has 1 rings (SSSR count). The number of hydrogen-bond donors (Lipinski definition) is 1. The van der Waals surface area contributed by atoms with Crippen molar-refractivity contribution in [2.24, 2.45) is 16.0 Å². The minimum atomic E-state index is -0.799. The Balaban J connectivity index is 3.09. The summed E-state index contributed by atoms with van der Waals surface area (Å²) in [4.78, 5) is 10.4. The van der Waals surface area contributed by atoms with Gasteiger partial charge in [-0.05, 0) is 42.7 Å². The zero-order valence-electron chi connectivity index (χ0n) is 8.62. The van der Waals surface area contributed by atoms with E-state index >= 15 is 0 Å². The number of nitrogens with two attached hydrogens (primary N) is 1. The van der Waals surface area contributed by atoms with E-state index in [0.717, 1.165) is 16.7 Å². The predicted octanol–water partition coefficient (Wildman–Crippen LogP) is 3.20. The Morgan fingerprint density at radius 3 is 2.33 bits per heavy atom. The van der Waals surface area contributed by atoms with Crippen molar-refractivity contribution in [2.75, 3.05) is 0 Å². The number of carbonyl (C=O) groups excluding carboxylic acids is 1. The van der Waals surface area contributed by atoms with Crippen molar-refractivity contribution >= 4 is 23.3 Å². The van der Waals surface area contributed by atoms with Crippen LogP contribution in [0.4, 0.5) is 10.5 Å². The Labute approximate surface area is 93.1 Å². The lowest BCUT2D eigenvalue weighted by atomic mass is 10.0. The quantitative estimate of drug-likeness (QED) is 0.610. The van der Waals surface area contributed by atoms with Gasteiger partial charge in [-0.3, -0.25) is 0 Å². The minimum Gasteiger partial charge on any atom is -0.348 e. The normalized spacial score (nSPS) is 10.9. The zero-order chi connectivity index (χ0) is 11.4. The van der Waals surface area contributed by atoms with E-state index in [2.05, 4.69) is 10.2 Å². The molecule has 2 N–H and O–H groups in total. The van der Waals surface area contributed by atoms with Crippen molar-refractivity contribution in [1.29, 1.82) is 0 Å². The van der Waals surface area contributed by atoms with Crippen molar-refractivity contribution in [3.63, 3.8) is 0 Å². The summed E-state index contributed by atoms with van der Waals surface area (Å²) in [6, 6.07) is 2.83. The second-order valence-corrected chi connectivity index (χ2v) is 3.50. The van der Waals surface area contributed by atoms with E-state index in [1.165, 1.54) is 0 Å². The SMILES string of the molecule is Cc1cc(/N=N/C(N)=O)cc(C)c1CCl. The van der Waals surface area contributed by atoms with Crippen LogP contribution < -0.4 is 5.73 Å². The standard InChI is InChI=1S/C10H12ClN3O/c1-6-3-8(13-14-10(12)15)4-7(2)9(6)5-11/h3-4H,5H2,1-2H3,(H2,12,15)/b14-13+. The lowest BCUT2D eigenvalue weighted by Crippen LogP contribution is -2.02. The fraction of sp³-hybridized carbons (Fsp3) is 0.300. The molecule has 2 amide bonds. The molecule has 0 unspecified atom stereocenters. The number of nitrogens with zero attached hydrogens (tertiary/aromatic N) is 2. The van der Waals surface area contributed by atoms with E-state index in [1.807, 2.05) is 26.0 Å². The van der Waals surface area contributed by atoms with Gasteiger partial charge < -0.3 is 5.73 Å². The Bertz CT molecular complexity index is 392. The molecule has 0 fully saturated rings. The van der Waals surface area contributed by atoms with Crippen LogP contribution in [0.2, 0.25) is 0 Å². The molecule has 80 valence electrons. The summed E-state index contributed by atoms with van der Waals surface area (Å²) in [5.74, 6) is 0.463. The lowest BCUT2D eigenvalue weighted by Gasteiger charge is -2.06. The van der Waals surface area contributed by atoms with E-state index in [0.29, 0.717) is 11.6 Å². The Hall–Kier alpha value is -1.42. The first-order chi connectivity index (χ1) is 7.04. The number of rotatable bonds is 2. The van der Waals surface area contributed by atoms with Gasteiger partial charge in [-0.25, -0.2) is 4.79 Å². The molecule has 0 radical (unpaired) electrons. The van der Waals surface area contributed by atoms with Crippen LogP contribution >= 0.6 is 11.6 Å². The monoisotopic (exact) mass is 225 g/mol. The van der Waals surface area contributed by atoms with Crippen LogP contribution in [-0.4, -0.2) is 6.03 Å². The van der Waals surface area contributed by atoms with Crippen molar-refractivity contribution in [1.82, 2.24) is 0 Å². The second kappa shape index (κ2) is 4.89. The Kier molecular flexibility index (Phi) is 3.80. The van der Waals surface area contributed by atoms with Gasteiger partial charge in [-0.1, -0.05) is 5.11 Å². The second-order valence-electron chi connectivity index (χ2n) is 3.23. The smallest absolute Gasteiger partial charge is 0.348 e. The maximum Gasteiger partial charge on any atom is 0.356 e. The molecule has 1 aromatic carbocycles. The number of primary amides is 1. The van der Waals surface area contributed by atoms with E-state index in [1.54, 1.807) is 0 Å². The molecule has 5 heteroatoms. The molecule has 0 saturated carbocycles. The first-order valence-corrected chi connectivity index (χ1v) is 4.95.